The third-order valence-electron chi connectivity index (χ3n) is 2.25. The van der Waals surface area contributed by atoms with Crippen molar-refractivity contribution in [2.75, 3.05) is 31.8 Å². The van der Waals surface area contributed by atoms with Crippen molar-refractivity contribution in [2.45, 2.75) is 20.0 Å². The molecule has 0 amide bonds. The van der Waals surface area contributed by atoms with E-state index in [2.05, 4.69) is 28.1 Å². The van der Waals surface area contributed by atoms with Crippen molar-refractivity contribution in [3.05, 3.63) is 18.0 Å². The largest absolute Gasteiger partial charge is 0.383 e. The fourth-order valence-electron chi connectivity index (χ4n) is 1.40. The summed E-state index contributed by atoms with van der Waals surface area (Å²) in [7, 11) is 1.72. The van der Waals surface area contributed by atoms with Gasteiger partial charge in [-0.2, -0.15) is 16.9 Å². The highest BCUT2D eigenvalue weighted by Crippen LogP contribution is 2.03. The molecule has 1 aromatic rings. The molecule has 4 nitrogen and oxygen atoms in total. The van der Waals surface area contributed by atoms with Crippen molar-refractivity contribution in [1.82, 2.24) is 15.1 Å². The number of methoxy groups -OCH3 is 1. The van der Waals surface area contributed by atoms with Gasteiger partial charge in [-0.25, -0.2) is 0 Å². The minimum atomic E-state index is 0.750. The lowest BCUT2D eigenvalue weighted by Gasteiger charge is -2.08. The Morgan fingerprint density at radius 2 is 2.44 bits per heavy atom. The monoisotopic (exact) mass is 243 g/mol. The summed E-state index contributed by atoms with van der Waals surface area (Å²) in [6.45, 7) is 5.67. The van der Waals surface area contributed by atoms with Gasteiger partial charge in [0.1, 0.15) is 0 Å². The summed E-state index contributed by atoms with van der Waals surface area (Å²) in [6.07, 6.45) is 1.87. The van der Waals surface area contributed by atoms with Crippen LogP contribution in [0.25, 0.3) is 0 Å². The average molecular weight is 243 g/mol. The van der Waals surface area contributed by atoms with E-state index in [1.54, 1.807) is 7.11 Å². The smallest absolute Gasteiger partial charge is 0.0587 e. The Morgan fingerprint density at radius 3 is 3.19 bits per heavy atom. The molecule has 0 unspecified atom stereocenters. The van der Waals surface area contributed by atoms with Gasteiger partial charge in [-0.1, -0.05) is 6.92 Å². The van der Waals surface area contributed by atoms with Crippen LogP contribution in [0, 0.1) is 0 Å². The normalized spacial score (nSPS) is 10.9. The first-order valence-corrected chi connectivity index (χ1v) is 6.82. The molecule has 0 saturated carbocycles. The van der Waals surface area contributed by atoms with Crippen LogP contribution < -0.4 is 5.32 Å². The molecule has 0 aliphatic rings. The number of aromatic nitrogens is 2. The Hall–Kier alpha value is -0.520. The zero-order chi connectivity index (χ0) is 11.6. The molecule has 16 heavy (non-hydrogen) atoms. The Bertz CT molecular complexity index is 278. The van der Waals surface area contributed by atoms with Gasteiger partial charge >= 0.3 is 0 Å². The standard InChI is InChI=1S/C11H21N3OS/c1-3-16-9-7-14-11(4-5-13-14)10-12-6-8-15-2/h4-5,12H,3,6-10H2,1-2H3. The first-order chi connectivity index (χ1) is 7.88. The molecule has 1 heterocycles. The number of rotatable bonds is 9. The van der Waals surface area contributed by atoms with Crippen molar-refractivity contribution in [1.29, 1.82) is 0 Å². The summed E-state index contributed by atoms with van der Waals surface area (Å²) in [5, 5.41) is 7.65. The Labute approximate surface area is 102 Å². The van der Waals surface area contributed by atoms with Crippen LogP contribution in [-0.4, -0.2) is 41.5 Å². The highest BCUT2D eigenvalue weighted by Gasteiger charge is 2.01. The zero-order valence-corrected chi connectivity index (χ0v) is 10.9. The fraction of sp³-hybridized carbons (Fsp3) is 0.727. The summed E-state index contributed by atoms with van der Waals surface area (Å²) in [6, 6.07) is 2.07. The molecule has 1 aromatic heterocycles. The number of hydrogen-bond donors (Lipinski definition) is 1. The van der Waals surface area contributed by atoms with Crippen LogP contribution in [-0.2, 0) is 17.8 Å². The van der Waals surface area contributed by atoms with Crippen molar-refractivity contribution in [3.63, 3.8) is 0 Å². The highest BCUT2D eigenvalue weighted by atomic mass is 32.2. The minimum Gasteiger partial charge on any atom is -0.383 e. The van der Waals surface area contributed by atoms with Gasteiger partial charge in [-0.3, -0.25) is 4.68 Å². The van der Waals surface area contributed by atoms with Gasteiger partial charge in [0.15, 0.2) is 0 Å². The summed E-state index contributed by atoms with van der Waals surface area (Å²) in [5.41, 5.74) is 1.24. The number of hydrogen-bond acceptors (Lipinski definition) is 4. The van der Waals surface area contributed by atoms with E-state index in [-0.39, 0.29) is 0 Å². The van der Waals surface area contributed by atoms with Crippen LogP contribution in [0.1, 0.15) is 12.6 Å². The van der Waals surface area contributed by atoms with Crippen LogP contribution >= 0.6 is 11.8 Å². The molecule has 0 spiro atoms. The topological polar surface area (TPSA) is 39.1 Å². The van der Waals surface area contributed by atoms with Gasteiger partial charge in [0.05, 0.1) is 18.8 Å². The van der Waals surface area contributed by atoms with E-state index < -0.39 is 0 Å². The predicted octanol–water partition coefficient (Wildman–Crippen LogP) is 1.37. The molecule has 1 N–H and O–H groups in total. The van der Waals surface area contributed by atoms with E-state index in [1.165, 1.54) is 11.4 Å². The van der Waals surface area contributed by atoms with Crippen LogP contribution in [0.2, 0.25) is 0 Å². The third kappa shape index (κ3) is 5.01. The van der Waals surface area contributed by atoms with E-state index in [0.29, 0.717) is 0 Å². The molecule has 0 aromatic carbocycles. The van der Waals surface area contributed by atoms with Crippen molar-refractivity contribution < 1.29 is 4.74 Å². The molecule has 0 saturated heterocycles. The van der Waals surface area contributed by atoms with Gasteiger partial charge in [0.25, 0.3) is 0 Å². The van der Waals surface area contributed by atoms with Gasteiger partial charge < -0.3 is 10.1 Å². The number of aryl methyl sites for hydroxylation is 1. The molecule has 0 aliphatic heterocycles. The lowest BCUT2D eigenvalue weighted by molar-refractivity contribution is 0.199. The maximum atomic E-state index is 4.98. The quantitative estimate of drug-likeness (QED) is 0.665. The Balaban J connectivity index is 2.26. The molecule has 5 heteroatoms. The van der Waals surface area contributed by atoms with Crippen molar-refractivity contribution >= 4 is 11.8 Å². The number of nitrogens with one attached hydrogen (secondary N) is 1. The van der Waals surface area contributed by atoms with E-state index in [1.807, 2.05) is 18.0 Å². The van der Waals surface area contributed by atoms with E-state index in [4.69, 9.17) is 4.74 Å². The van der Waals surface area contributed by atoms with Crippen molar-refractivity contribution in [3.8, 4) is 0 Å². The lowest BCUT2D eigenvalue weighted by atomic mass is 10.4. The van der Waals surface area contributed by atoms with Crippen LogP contribution in [0.3, 0.4) is 0 Å². The summed E-state index contributed by atoms with van der Waals surface area (Å²) >= 11 is 1.95. The van der Waals surface area contributed by atoms with Gasteiger partial charge in [-0.05, 0) is 11.8 Å². The second kappa shape index (κ2) is 8.61. The molecule has 0 fully saturated rings. The molecule has 92 valence electrons. The second-order valence-corrected chi connectivity index (χ2v) is 4.81. The predicted molar refractivity (Wildman–Crippen MR) is 68.8 cm³/mol. The van der Waals surface area contributed by atoms with Gasteiger partial charge in [-0.15, -0.1) is 0 Å². The van der Waals surface area contributed by atoms with Crippen molar-refractivity contribution in [2.24, 2.45) is 0 Å². The van der Waals surface area contributed by atoms with Crippen LogP contribution in [0.5, 0.6) is 0 Å². The van der Waals surface area contributed by atoms with Crippen LogP contribution in [0.15, 0.2) is 12.3 Å². The summed E-state index contributed by atoms with van der Waals surface area (Å²) in [5.74, 6) is 2.30. The van der Waals surface area contributed by atoms with E-state index in [9.17, 15) is 0 Å². The summed E-state index contributed by atoms with van der Waals surface area (Å²) < 4.78 is 7.05. The number of ether oxygens (including phenoxy) is 1. The first kappa shape index (κ1) is 13.5. The maximum absolute atomic E-state index is 4.98. The molecule has 0 atom stereocenters. The lowest BCUT2D eigenvalue weighted by Crippen LogP contribution is -2.21. The van der Waals surface area contributed by atoms with E-state index in [0.717, 1.165) is 32.0 Å². The molecular weight excluding hydrogens is 222 g/mol. The number of thioether (sulfide) groups is 1. The third-order valence-corrected chi connectivity index (χ3v) is 3.12. The molecule has 0 bridgehead atoms. The Morgan fingerprint density at radius 1 is 1.56 bits per heavy atom. The minimum absolute atomic E-state index is 0.750. The van der Waals surface area contributed by atoms with Gasteiger partial charge in [0, 0.05) is 32.1 Å². The van der Waals surface area contributed by atoms with E-state index >= 15 is 0 Å². The number of nitrogens with zero attached hydrogens (tertiary/aromatic N) is 2. The maximum Gasteiger partial charge on any atom is 0.0587 e. The fourth-order valence-corrected chi connectivity index (χ4v) is 1.99. The second-order valence-electron chi connectivity index (χ2n) is 3.41. The molecule has 1 rings (SSSR count). The Kier molecular flexibility index (Phi) is 7.29. The zero-order valence-electron chi connectivity index (χ0n) is 10.1. The first-order valence-electron chi connectivity index (χ1n) is 5.66. The molecular formula is C11H21N3OS. The van der Waals surface area contributed by atoms with Gasteiger partial charge in [0.2, 0.25) is 0 Å². The van der Waals surface area contributed by atoms with Crippen LogP contribution in [0.4, 0.5) is 0 Å². The summed E-state index contributed by atoms with van der Waals surface area (Å²) in [4.78, 5) is 0. The average Bonchev–Trinajstić information content (AvgIpc) is 2.73. The molecule has 0 radical (unpaired) electrons. The SMILES string of the molecule is CCSCCn1nccc1CNCCOC. The molecule has 0 aliphatic carbocycles. The highest BCUT2D eigenvalue weighted by molar-refractivity contribution is 7.99.